The van der Waals surface area contributed by atoms with Crippen molar-refractivity contribution in [3.63, 3.8) is 0 Å². The van der Waals surface area contributed by atoms with Gasteiger partial charge < -0.3 is 20.1 Å². The summed E-state index contributed by atoms with van der Waals surface area (Å²) >= 11 is 0. The summed E-state index contributed by atoms with van der Waals surface area (Å²) in [6.07, 6.45) is -4.99. The van der Waals surface area contributed by atoms with E-state index < -0.39 is 59.7 Å². The van der Waals surface area contributed by atoms with E-state index in [2.05, 4.69) is 4.99 Å². The molecule has 11 heteroatoms. The summed E-state index contributed by atoms with van der Waals surface area (Å²) in [6.45, 7) is 7.46. The summed E-state index contributed by atoms with van der Waals surface area (Å²) in [5, 5.41) is 9.79. The van der Waals surface area contributed by atoms with E-state index in [1.165, 1.54) is 12.1 Å². The van der Waals surface area contributed by atoms with E-state index in [1.807, 2.05) is 27.7 Å². The van der Waals surface area contributed by atoms with Gasteiger partial charge in [-0.05, 0) is 57.6 Å². The van der Waals surface area contributed by atoms with E-state index in [4.69, 9.17) is 15.0 Å². The molecule has 174 valence electrons. The molecule has 3 N–H and O–H groups in total. The molecular weight excluding hydrogens is 431 g/mol. The van der Waals surface area contributed by atoms with Crippen LogP contribution >= 0.6 is 0 Å². The van der Waals surface area contributed by atoms with Crippen LogP contribution in [0.2, 0.25) is 0 Å². The highest BCUT2D eigenvalue weighted by atomic mass is 19.4. The molecule has 1 aliphatic heterocycles. The first-order valence-corrected chi connectivity index (χ1v) is 10.1. The van der Waals surface area contributed by atoms with Gasteiger partial charge in [-0.25, -0.2) is 4.39 Å². The number of aliphatic hydroxyl groups is 1. The number of nitrogens with zero attached hydrogens (tertiary/aromatic N) is 1. The fraction of sp³-hybridized carbons (Fsp3) is 0.524. The van der Waals surface area contributed by atoms with Crippen molar-refractivity contribution in [1.29, 1.82) is 0 Å². The summed E-state index contributed by atoms with van der Waals surface area (Å²) in [5.74, 6) is -3.13. The Morgan fingerprint density at radius 1 is 1.22 bits per heavy atom. The van der Waals surface area contributed by atoms with Gasteiger partial charge in [-0.1, -0.05) is 12.1 Å². The molecule has 0 spiro atoms. The number of alkyl halides is 3. The van der Waals surface area contributed by atoms with Gasteiger partial charge in [0.2, 0.25) is 0 Å². The maximum Gasteiger partial charge on any atom is 0.494 e. The monoisotopic (exact) mass is 456 g/mol. The Morgan fingerprint density at radius 3 is 2.25 bits per heavy atom. The molecule has 1 heterocycles. The van der Waals surface area contributed by atoms with E-state index in [0.717, 1.165) is 0 Å². The highest BCUT2D eigenvalue weighted by Gasteiger charge is 2.66. The fourth-order valence-corrected chi connectivity index (χ4v) is 3.30. The van der Waals surface area contributed by atoms with Gasteiger partial charge in [0.15, 0.2) is 0 Å². The summed E-state index contributed by atoms with van der Waals surface area (Å²) in [5.41, 5.74) is 2.43. The zero-order valence-electron chi connectivity index (χ0n) is 18.2. The Bertz CT molecular complexity index is 969. The maximum absolute atomic E-state index is 14.6. The van der Waals surface area contributed by atoms with Crippen LogP contribution in [-0.2, 0) is 20.5 Å². The minimum atomic E-state index is -4.63. The van der Waals surface area contributed by atoms with E-state index in [1.54, 1.807) is 6.07 Å². The Kier molecular flexibility index (Phi) is 5.97. The maximum atomic E-state index is 14.6. The van der Waals surface area contributed by atoms with E-state index in [-0.39, 0.29) is 18.4 Å². The predicted octanol–water partition coefficient (Wildman–Crippen LogP) is 3.34. The molecule has 1 aliphatic carbocycles. The molecular formula is C21H25BF4N2O4. The lowest BCUT2D eigenvalue weighted by atomic mass is 9.78. The lowest BCUT2D eigenvalue weighted by Gasteiger charge is -2.32. The van der Waals surface area contributed by atoms with Crippen molar-refractivity contribution in [1.82, 2.24) is 0 Å². The van der Waals surface area contributed by atoms with Gasteiger partial charge in [-0.2, -0.15) is 18.2 Å². The van der Waals surface area contributed by atoms with Gasteiger partial charge in [0.25, 0.3) is 5.91 Å². The number of hydrogen-bond acceptors (Lipinski definition) is 4. The third-order valence-electron chi connectivity index (χ3n) is 6.27. The number of carbonyl (C=O) groups excluding carboxylic acids is 1. The smallest absolute Gasteiger partial charge is 0.494 e. The number of benzene rings is 1. The Labute approximate surface area is 183 Å². The first kappa shape index (κ1) is 24.3. The number of halogens is 4. The third-order valence-corrected chi connectivity index (χ3v) is 6.27. The van der Waals surface area contributed by atoms with Crippen molar-refractivity contribution in [2.75, 3.05) is 0 Å². The lowest BCUT2D eigenvalue weighted by molar-refractivity contribution is -0.182. The van der Waals surface area contributed by atoms with Crippen LogP contribution in [0.25, 0.3) is 0 Å². The second-order valence-corrected chi connectivity index (χ2v) is 9.16. The van der Waals surface area contributed by atoms with Gasteiger partial charge >= 0.3 is 13.3 Å². The van der Waals surface area contributed by atoms with Gasteiger partial charge in [-0.3, -0.25) is 4.79 Å². The zero-order chi connectivity index (χ0) is 24.1. The first-order chi connectivity index (χ1) is 14.6. The summed E-state index contributed by atoms with van der Waals surface area (Å²) in [6, 6.07) is 4.14. The van der Waals surface area contributed by atoms with Gasteiger partial charge in [0.05, 0.1) is 17.6 Å². The molecule has 0 radical (unpaired) electrons. The molecule has 1 saturated heterocycles. The number of aliphatic imine (C=N–C) groups is 1. The molecule has 32 heavy (non-hydrogen) atoms. The third kappa shape index (κ3) is 4.54. The summed E-state index contributed by atoms with van der Waals surface area (Å²) < 4.78 is 65.3. The van der Waals surface area contributed by atoms with Gasteiger partial charge in [0, 0.05) is 6.08 Å². The van der Waals surface area contributed by atoms with Crippen molar-refractivity contribution in [2.45, 2.75) is 64.3 Å². The molecule has 0 atom stereocenters. The highest BCUT2D eigenvalue weighted by Crippen LogP contribution is 2.61. The molecule has 0 unspecified atom stereocenters. The van der Waals surface area contributed by atoms with Crippen molar-refractivity contribution < 1.29 is 36.8 Å². The number of carbonyl (C=O) groups is 1. The van der Waals surface area contributed by atoms with Crippen LogP contribution in [0.4, 0.5) is 17.6 Å². The molecule has 0 aromatic heterocycles. The van der Waals surface area contributed by atoms with Crippen LogP contribution in [0.15, 0.2) is 35.0 Å². The molecule has 1 aromatic rings. The number of allylic oxidation sites excluding steroid dienone is 1. The number of hydrogen-bond donors (Lipinski definition) is 2. The van der Waals surface area contributed by atoms with Crippen LogP contribution in [0, 0.1) is 11.2 Å². The normalized spacial score (nSPS) is 22.2. The largest absolute Gasteiger partial charge is 0.511 e. The molecule has 1 saturated carbocycles. The Balaban J connectivity index is 1.69. The zero-order valence-corrected chi connectivity index (χ0v) is 18.2. The number of amides is 1. The van der Waals surface area contributed by atoms with Crippen LogP contribution in [0.3, 0.4) is 0 Å². The van der Waals surface area contributed by atoms with Gasteiger partial charge in [0.1, 0.15) is 22.8 Å². The van der Waals surface area contributed by atoms with E-state index >= 15 is 0 Å². The van der Waals surface area contributed by atoms with E-state index in [0.29, 0.717) is 11.5 Å². The average molecular weight is 456 g/mol. The number of aliphatic hydroxyl groups excluding tert-OH is 1. The van der Waals surface area contributed by atoms with Crippen molar-refractivity contribution in [3.8, 4) is 0 Å². The Hall–Kier alpha value is -2.40. The molecule has 2 aliphatic rings. The highest BCUT2D eigenvalue weighted by molar-refractivity contribution is 6.62. The minimum absolute atomic E-state index is 0.0222. The second-order valence-electron chi connectivity index (χ2n) is 9.16. The molecule has 1 amide bonds. The standard InChI is InChI=1S/C21H25BF4N2O4/c1-18(2)19(3,4)32-22(31-18)13-6-5-12(14(23)10-13)9-17(30)28-16(27)11-15(29)20(7-8-20)21(24,25)26/h5-6,10-11,29H,7-9H2,1-4H3,(H2,27,28,30). The molecule has 0 bridgehead atoms. The van der Waals surface area contributed by atoms with Gasteiger partial charge in [-0.15, -0.1) is 0 Å². The van der Waals surface area contributed by atoms with Crippen LogP contribution in [0.1, 0.15) is 46.1 Å². The van der Waals surface area contributed by atoms with Crippen LogP contribution in [0.5, 0.6) is 0 Å². The molecule has 1 aromatic carbocycles. The van der Waals surface area contributed by atoms with E-state index in [9.17, 15) is 27.5 Å². The van der Waals surface area contributed by atoms with Crippen molar-refractivity contribution in [2.24, 2.45) is 16.1 Å². The van der Waals surface area contributed by atoms with Crippen LogP contribution < -0.4 is 11.2 Å². The topological polar surface area (TPSA) is 94.1 Å². The average Bonchev–Trinajstić information content (AvgIpc) is 3.40. The molecule has 6 nitrogen and oxygen atoms in total. The number of rotatable bonds is 5. The lowest BCUT2D eigenvalue weighted by Crippen LogP contribution is -2.41. The van der Waals surface area contributed by atoms with Crippen LogP contribution in [-0.4, -0.2) is 41.3 Å². The van der Waals surface area contributed by atoms with Crippen molar-refractivity contribution >= 4 is 24.3 Å². The second kappa shape index (κ2) is 7.88. The molecule has 2 fully saturated rings. The molecule has 3 rings (SSSR count). The quantitative estimate of drug-likeness (QED) is 0.233. The van der Waals surface area contributed by atoms with Crippen molar-refractivity contribution in [3.05, 3.63) is 41.4 Å². The minimum Gasteiger partial charge on any atom is -0.511 e. The number of nitrogens with two attached hydrogens (primary N) is 1. The first-order valence-electron chi connectivity index (χ1n) is 10.1. The SMILES string of the molecule is CC1(C)OB(c2ccc(CC(=O)N=C(N)C=C(O)C3(C(F)(F)F)CC3)c(F)c2)OC1(C)C. The summed E-state index contributed by atoms with van der Waals surface area (Å²) in [7, 11) is -0.774. The predicted molar refractivity (Wildman–Crippen MR) is 111 cm³/mol. The summed E-state index contributed by atoms with van der Waals surface area (Å²) in [4.78, 5) is 15.6. The fourth-order valence-electron chi connectivity index (χ4n) is 3.30. The Morgan fingerprint density at radius 2 is 1.78 bits per heavy atom. The number of amidine groups is 1.